The van der Waals surface area contributed by atoms with Crippen LogP contribution in [0.5, 0.6) is 0 Å². The smallest absolute Gasteiger partial charge is 0.242 e. The third kappa shape index (κ3) is 5.20. The van der Waals surface area contributed by atoms with Crippen LogP contribution in [0, 0.1) is 5.92 Å². The number of rotatable bonds is 8. The molecule has 0 radical (unpaired) electrons. The number of amides is 2. The van der Waals surface area contributed by atoms with Crippen LogP contribution in [0.2, 0.25) is 0 Å². The lowest BCUT2D eigenvalue weighted by atomic mass is 9.99. The lowest BCUT2D eigenvalue weighted by molar-refractivity contribution is -0.133. The van der Waals surface area contributed by atoms with Gasteiger partial charge in [0.1, 0.15) is 12.3 Å². The van der Waals surface area contributed by atoms with Crippen LogP contribution in [0.1, 0.15) is 19.8 Å². The standard InChI is InChI=1S/C21H29N3O5S/c1-16-7-10-23(11-8-16)21(26)14-24-13-19(17-5-3-4-6-18(17)24)30(27,28)15-20(25)22-9-12-29-2/h3-6,13,16H,7-12,14-15H2,1-2H3,(H,22,25). The van der Waals surface area contributed by atoms with Crippen LogP contribution < -0.4 is 5.32 Å². The SMILES string of the molecule is COCCNC(=O)CS(=O)(=O)c1cn(CC(=O)N2CCC(C)CC2)c2ccccc12. The molecular formula is C21H29N3O5S. The van der Waals surface area contributed by atoms with E-state index in [1.165, 1.54) is 13.3 Å². The van der Waals surface area contributed by atoms with Gasteiger partial charge < -0.3 is 19.5 Å². The fraction of sp³-hybridized carbons (Fsp3) is 0.524. The molecule has 1 aromatic carbocycles. The third-order valence-corrected chi connectivity index (χ3v) is 7.12. The van der Waals surface area contributed by atoms with Gasteiger partial charge in [-0.15, -0.1) is 0 Å². The minimum absolute atomic E-state index is 0.0242. The molecule has 2 heterocycles. The first kappa shape index (κ1) is 22.3. The molecule has 3 rings (SSSR count). The number of methoxy groups -OCH3 is 1. The number of ether oxygens (including phenoxy) is 1. The normalized spacial score (nSPS) is 15.5. The van der Waals surface area contributed by atoms with Crippen LogP contribution in [0.15, 0.2) is 35.4 Å². The molecule has 0 aliphatic carbocycles. The van der Waals surface area contributed by atoms with Crippen LogP contribution in [-0.2, 0) is 30.7 Å². The van der Waals surface area contributed by atoms with E-state index in [1.54, 1.807) is 28.8 Å². The molecule has 1 N–H and O–H groups in total. The molecule has 0 unspecified atom stereocenters. The molecule has 1 saturated heterocycles. The van der Waals surface area contributed by atoms with Crippen molar-refractivity contribution in [2.45, 2.75) is 31.2 Å². The summed E-state index contributed by atoms with van der Waals surface area (Å²) in [7, 11) is -2.37. The Balaban J connectivity index is 1.81. The van der Waals surface area contributed by atoms with E-state index in [0.29, 0.717) is 23.4 Å². The molecule has 1 aliphatic heterocycles. The highest BCUT2D eigenvalue weighted by Gasteiger charge is 2.26. The number of sulfone groups is 1. The number of nitrogens with zero attached hydrogens (tertiary/aromatic N) is 2. The summed E-state index contributed by atoms with van der Waals surface area (Å²) in [4.78, 5) is 26.7. The maximum atomic E-state index is 12.9. The molecular weight excluding hydrogens is 406 g/mol. The van der Waals surface area contributed by atoms with E-state index in [4.69, 9.17) is 4.74 Å². The summed E-state index contributed by atoms with van der Waals surface area (Å²) in [5.74, 6) is -0.637. The van der Waals surface area contributed by atoms with Gasteiger partial charge in [-0.2, -0.15) is 0 Å². The summed E-state index contributed by atoms with van der Waals surface area (Å²) in [6.45, 7) is 4.27. The molecule has 0 bridgehead atoms. The number of fused-ring (bicyclic) bond motifs is 1. The molecule has 2 amide bonds. The molecule has 2 aromatic rings. The Morgan fingerprint density at radius 1 is 1.20 bits per heavy atom. The zero-order chi connectivity index (χ0) is 21.7. The summed E-state index contributed by atoms with van der Waals surface area (Å²) in [5, 5.41) is 3.05. The summed E-state index contributed by atoms with van der Waals surface area (Å²) >= 11 is 0. The number of likely N-dealkylation sites (tertiary alicyclic amines) is 1. The second-order valence-electron chi connectivity index (χ2n) is 7.80. The van der Waals surface area contributed by atoms with Crippen molar-refractivity contribution in [1.82, 2.24) is 14.8 Å². The van der Waals surface area contributed by atoms with Gasteiger partial charge in [-0.3, -0.25) is 9.59 Å². The summed E-state index contributed by atoms with van der Waals surface area (Å²) in [6.07, 6.45) is 3.44. The average Bonchev–Trinajstić information content (AvgIpc) is 3.08. The largest absolute Gasteiger partial charge is 0.383 e. The van der Waals surface area contributed by atoms with Crippen LogP contribution in [0.4, 0.5) is 0 Å². The van der Waals surface area contributed by atoms with E-state index in [0.717, 1.165) is 25.9 Å². The maximum Gasteiger partial charge on any atom is 0.242 e. The van der Waals surface area contributed by atoms with E-state index in [9.17, 15) is 18.0 Å². The predicted octanol–water partition coefficient (Wildman–Crippen LogP) is 1.44. The minimum Gasteiger partial charge on any atom is -0.383 e. The van der Waals surface area contributed by atoms with Gasteiger partial charge in [-0.05, 0) is 24.8 Å². The van der Waals surface area contributed by atoms with Crippen molar-refractivity contribution >= 4 is 32.6 Å². The zero-order valence-corrected chi connectivity index (χ0v) is 18.3. The van der Waals surface area contributed by atoms with Crippen LogP contribution >= 0.6 is 0 Å². The first-order valence-corrected chi connectivity index (χ1v) is 11.8. The lowest BCUT2D eigenvalue weighted by Crippen LogP contribution is -2.39. The highest BCUT2D eigenvalue weighted by atomic mass is 32.2. The Labute approximate surface area is 177 Å². The Kier molecular flexibility index (Phi) is 7.14. The van der Waals surface area contributed by atoms with Crippen LogP contribution in [0.25, 0.3) is 10.9 Å². The molecule has 30 heavy (non-hydrogen) atoms. The lowest BCUT2D eigenvalue weighted by Gasteiger charge is -2.30. The van der Waals surface area contributed by atoms with Gasteiger partial charge in [-0.1, -0.05) is 25.1 Å². The van der Waals surface area contributed by atoms with Crippen molar-refractivity contribution in [3.05, 3.63) is 30.5 Å². The second-order valence-corrected chi connectivity index (χ2v) is 9.76. The summed E-state index contributed by atoms with van der Waals surface area (Å²) < 4.78 is 32.4. The van der Waals surface area contributed by atoms with Gasteiger partial charge >= 0.3 is 0 Å². The fourth-order valence-electron chi connectivity index (χ4n) is 3.69. The predicted molar refractivity (Wildman–Crippen MR) is 114 cm³/mol. The Morgan fingerprint density at radius 3 is 2.60 bits per heavy atom. The summed E-state index contributed by atoms with van der Waals surface area (Å²) in [5.41, 5.74) is 0.662. The van der Waals surface area contributed by atoms with Gasteiger partial charge in [-0.25, -0.2) is 8.42 Å². The van der Waals surface area contributed by atoms with Gasteiger partial charge in [0.05, 0.1) is 11.5 Å². The van der Waals surface area contributed by atoms with Crippen molar-refractivity contribution in [2.75, 3.05) is 39.1 Å². The first-order chi connectivity index (χ1) is 14.3. The minimum atomic E-state index is -3.87. The van der Waals surface area contributed by atoms with Crippen LogP contribution in [0.3, 0.4) is 0 Å². The number of para-hydroxylation sites is 1. The number of carbonyl (C=O) groups is 2. The van der Waals surface area contributed by atoms with Gasteiger partial charge in [0.15, 0.2) is 9.84 Å². The Morgan fingerprint density at radius 2 is 1.90 bits per heavy atom. The van der Waals surface area contributed by atoms with Crippen molar-refractivity contribution in [2.24, 2.45) is 5.92 Å². The van der Waals surface area contributed by atoms with Gasteiger partial charge in [0, 0.05) is 43.8 Å². The molecule has 1 fully saturated rings. The van der Waals surface area contributed by atoms with E-state index >= 15 is 0 Å². The zero-order valence-electron chi connectivity index (χ0n) is 17.5. The molecule has 1 aromatic heterocycles. The van der Waals surface area contributed by atoms with E-state index in [2.05, 4.69) is 12.2 Å². The van der Waals surface area contributed by atoms with Gasteiger partial charge in [0.25, 0.3) is 0 Å². The summed E-state index contributed by atoms with van der Waals surface area (Å²) in [6, 6.07) is 7.05. The van der Waals surface area contributed by atoms with Crippen LogP contribution in [-0.4, -0.2) is 68.8 Å². The monoisotopic (exact) mass is 435 g/mol. The quantitative estimate of drug-likeness (QED) is 0.633. The highest BCUT2D eigenvalue weighted by molar-refractivity contribution is 7.92. The fourth-order valence-corrected chi connectivity index (χ4v) is 5.09. The van der Waals surface area contributed by atoms with Crippen molar-refractivity contribution in [1.29, 1.82) is 0 Å². The molecule has 9 heteroatoms. The Hall–Kier alpha value is -2.39. The van der Waals surface area contributed by atoms with E-state index in [-0.39, 0.29) is 23.9 Å². The molecule has 0 spiro atoms. The van der Waals surface area contributed by atoms with Crippen molar-refractivity contribution in [3.8, 4) is 0 Å². The topological polar surface area (TPSA) is 97.7 Å². The number of carbonyl (C=O) groups excluding carboxylic acids is 2. The number of hydrogen-bond acceptors (Lipinski definition) is 5. The Bertz CT molecular complexity index is 1010. The third-order valence-electron chi connectivity index (χ3n) is 5.48. The maximum absolute atomic E-state index is 12.9. The number of piperidine rings is 1. The van der Waals surface area contributed by atoms with Crippen molar-refractivity contribution < 1.29 is 22.7 Å². The second kappa shape index (κ2) is 9.61. The average molecular weight is 436 g/mol. The number of hydrogen-bond donors (Lipinski definition) is 1. The molecule has 0 atom stereocenters. The van der Waals surface area contributed by atoms with Crippen molar-refractivity contribution in [3.63, 3.8) is 0 Å². The highest BCUT2D eigenvalue weighted by Crippen LogP contribution is 2.27. The molecule has 0 saturated carbocycles. The number of nitrogens with one attached hydrogen (secondary N) is 1. The molecule has 1 aliphatic rings. The first-order valence-electron chi connectivity index (χ1n) is 10.2. The van der Waals surface area contributed by atoms with E-state index < -0.39 is 21.5 Å². The molecule has 164 valence electrons. The van der Waals surface area contributed by atoms with Gasteiger partial charge in [0.2, 0.25) is 11.8 Å². The number of benzene rings is 1. The van der Waals surface area contributed by atoms with E-state index in [1.807, 2.05) is 4.90 Å². The number of aromatic nitrogens is 1. The molecule has 8 nitrogen and oxygen atoms in total.